The van der Waals surface area contributed by atoms with Crippen LogP contribution in [0.2, 0.25) is 0 Å². The van der Waals surface area contributed by atoms with E-state index in [4.69, 9.17) is 5.11 Å². The minimum Gasteiger partial charge on any atom is -0.476 e. The molecule has 0 aliphatic heterocycles. The van der Waals surface area contributed by atoms with Gasteiger partial charge in [0.05, 0.1) is 6.54 Å². The minimum absolute atomic E-state index is 0.00279. The molecule has 6 nitrogen and oxygen atoms in total. The topological polar surface area (TPSA) is 95.1 Å². The fourth-order valence-electron chi connectivity index (χ4n) is 2.02. The molecule has 0 atom stereocenters. The Morgan fingerprint density at radius 3 is 2.95 bits per heavy atom. The standard InChI is InChI=1S/C14H11N3O3S/c18-13(9-2-1-3-10-8(9)4-5-15-10)16-6-12-17-11(7-21-12)14(19)20/h1-5,7,15H,6H2,(H,16,18)(H,19,20). The Morgan fingerprint density at radius 1 is 1.33 bits per heavy atom. The molecule has 7 heteroatoms. The number of fused-ring (bicyclic) bond motifs is 1. The first-order valence-electron chi connectivity index (χ1n) is 6.17. The van der Waals surface area contributed by atoms with Gasteiger partial charge in [-0.3, -0.25) is 4.79 Å². The van der Waals surface area contributed by atoms with E-state index in [2.05, 4.69) is 15.3 Å². The Labute approximate surface area is 123 Å². The van der Waals surface area contributed by atoms with Crippen LogP contribution in [0.4, 0.5) is 0 Å². The van der Waals surface area contributed by atoms with Gasteiger partial charge >= 0.3 is 5.97 Å². The predicted octanol–water partition coefficient (Wildman–Crippen LogP) is 2.25. The summed E-state index contributed by atoms with van der Waals surface area (Å²) < 4.78 is 0. The molecule has 2 heterocycles. The van der Waals surface area contributed by atoms with Crippen LogP contribution >= 0.6 is 11.3 Å². The van der Waals surface area contributed by atoms with E-state index in [9.17, 15) is 9.59 Å². The highest BCUT2D eigenvalue weighted by Crippen LogP contribution is 2.17. The number of benzene rings is 1. The Kier molecular flexibility index (Phi) is 3.41. The molecule has 1 aromatic carbocycles. The third-order valence-corrected chi connectivity index (χ3v) is 3.86. The van der Waals surface area contributed by atoms with Crippen LogP contribution in [0, 0.1) is 0 Å². The number of carbonyl (C=O) groups is 2. The highest BCUT2D eigenvalue weighted by molar-refractivity contribution is 7.09. The molecule has 0 saturated heterocycles. The maximum absolute atomic E-state index is 12.2. The second-order valence-electron chi connectivity index (χ2n) is 4.36. The molecule has 0 spiro atoms. The predicted molar refractivity (Wildman–Crippen MR) is 78.5 cm³/mol. The average molecular weight is 301 g/mol. The van der Waals surface area contributed by atoms with E-state index in [0.29, 0.717) is 10.6 Å². The largest absolute Gasteiger partial charge is 0.476 e. The SMILES string of the molecule is O=C(O)c1csc(CNC(=O)c2cccc3[nH]ccc23)n1. The van der Waals surface area contributed by atoms with Gasteiger partial charge in [-0.2, -0.15) is 0 Å². The van der Waals surface area contributed by atoms with Gasteiger partial charge in [-0.15, -0.1) is 11.3 Å². The van der Waals surface area contributed by atoms with Crippen molar-refractivity contribution in [2.45, 2.75) is 6.54 Å². The zero-order chi connectivity index (χ0) is 14.8. The second-order valence-corrected chi connectivity index (χ2v) is 5.30. The van der Waals surface area contributed by atoms with E-state index >= 15 is 0 Å². The number of nitrogens with one attached hydrogen (secondary N) is 2. The summed E-state index contributed by atoms with van der Waals surface area (Å²) >= 11 is 1.21. The van der Waals surface area contributed by atoms with Gasteiger partial charge in [0.15, 0.2) is 5.69 Å². The summed E-state index contributed by atoms with van der Waals surface area (Å²) in [6.45, 7) is 0.206. The Morgan fingerprint density at radius 2 is 2.19 bits per heavy atom. The summed E-state index contributed by atoms with van der Waals surface area (Å²) in [5.41, 5.74) is 1.46. The molecule has 0 bridgehead atoms. The van der Waals surface area contributed by atoms with Crippen molar-refractivity contribution in [3.63, 3.8) is 0 Å². The van der Waals surface area contributed by atoms with Gasteiger partial charge in [0, 0.05) is 28.0 Å². The van der Waals surface area contributed by atoms with Gasteiger partial charge < -0.3 is 15.4 Å². The summed E-state index contributed by atoms with van der Waals surface area (Å²) in [5, 5.41) is 14.4. The van der Waals surface area contributed by atoms with Crippen molar-refractivity contribution in [3.8, 4) is 0 Å². The molecule has 0 saturated carbocycles. The first-order chi connectivity index (χ1) is 10.1. The number of amides is 1. The van der Waals surface area contributed by atoms with Crippen molar-refractivity contribution in [1.29, 1.82) is 0 Å². The molecule has 106 valence electrons. The molecule has 0 aliphatic carbocycles. The maximum Gasteiger partial charge on any atom is 0.355 e. The molecule has 0 fully saturated rings. The lowest BCUT2D eigenvalue weighted by Gasteiger charge is -2.04. The number of thiazole rings is 1. The number of H-pyrrole nitrogens is 1. The van der Waals surface area contributed by atoms with Gasteiger partial charge in [-0.25, -0.2) is 9.78 Å². The van der Waals surface area contributed by atoms with Crippen LogP contribution in [0.5, 0.6) is 0 Å². The van der Waals surface area contributed by atoms with Gasteiger partial charge in [-0.1, -0.05) is 6.07 Å². The smallest absolute Gasteiger partial charge is 0.355 e. The van der Waals surface area contributed by atoms with E-state index in [-0.39, 0.29) is 18.1 Å². The van der Waals surface area contributed by atoms with Crippen molar-refractivity contribution in [2.24, 2.45) is 0 Å². The van der Waals surface area contributed by atoms with Crippen LogP contribution in [0.3, 0.4) is 0 Å². The number of rotatable bonds is 4. The molecular weight excluding hydrogens is 290 g/mol. The fourth-order valence-corrected chi connectivity index (χ4v) is 2.73. The Bertz CT molecular complexity index is 822. The number of carboxylic acids is 1. The lowest BCUT2D eigenvalue weighted by atomic mass is 10.1. The number of aromatic amines is 1. The number of aromatic nitrogens is 2. The van der Waals surface area contributed by atoms with Crippen LogP contribution in [0.1, 0.15) is 25.9 Å². The van der Waals surface area contributed by atoms with Gasteiger partial charge in [0.25, 0.3) is 5.91 Å². The van der Waals surface area contributed by atoms with Gasteiger partial charge in [-0.05, 0) is 18.2 Å². The summed E-state index contributed by atoms with van der Waals surface area (Å²) in [7, 11) is 0. The van der Waals surface area contributed by atoms with Gasteiger partial charge in [0.1, 0.15) is 5.01 Å². The molecule has 0 radical (unpaired) electrons. The average Bonchev–Trinajstić information content (AvgIpc) is 3.12. The molecular formula is C14H11N3O3S. The lowest BCUT2D eigenvalue weighted by molar-refractivity contribution is 0.0691. The molecule has 0 unspecified atom stereocenters. The van der Waals surface area contributed by atoms with E-state index in [1.54, 1.807) is 18.3 Å². The summed E-state index contributed by atoms with van der Waals surface area (Å²) in [6, 6.07) is 7.29. The highest BCUT2D eigenvalue weighted by Gasteiger charge is 2.12. The summed E-state index contributed by atoms with van der Waals surface area (Å²) in [6.07, 6.45) is 1.78. The number of hydrogen-bond donors (Lipinski definition) is 3. The van der Waals surface area contributed by atoms with Crippen molar-refractivity contribution in [1.82, 2.24) is 15.3 Å². The van der Waals surface area contributed by atoms with Crippen molar-refractivity contribution >= 4 is 34.1 Å². The highest BCUT2D eigenvalue weighted by atomic mass is 32.1. The van der Waals surface area contributed by atoms with E-state index in [0.717, 1.165) is 10.9 Å². The summed E-state index contributed by atoms with van der Waals surface area (Å²) in [5.74, 6) is -1.28. The normalized spacial score (nSPS) is 10.7. The van der Waals surface area contributed by atoms with Crippen LogP contribution in [0.25, 0.3) is 10.9 Å². The van der Waals surface area contributed by atoms with Gasteiger partial charge in [0.2, 0.25) is 0 Å². The summed E-state index contributed by atoms with van der Waals surface area (Å²) in [4.78, 5) is 29.9. The number of nitrogens with zero attached hydrogens (tertiary/aromatic N) is 1. The number of hydrogen-bond acceptors (Lipinski definition) is 4. The minimum atomic E-state index is -1.07. The van der Waals surface area contributed by atoms with E-state index in [1.165, 1.54) is 16.7 Å². The third-order valence-electron chi connectivity index (χ3n) is 3.01. The first kappa shape index (κ1) is 13.3. The van der Waals surface area contributed by atoms with Crippen molar-refractivity contribution in [2.75, 3.05) is 0 Å². The number of carboxylic acid groups (broad SMARTS) is 1. The molecule has 3 rings (SSSR count). The molecule has 0 aliphatic rings. The second kappa shape index (κ2) is 5.37. The quantitative estimate of drug-likeness (QED) is 0.688. The first-order valence-corrected chi connectivity index (χ1v) is 7.05. The molecule has 21 heavy (non-hydrogen) atoms. The monoisotopic (exact) mass is 301 g/mol. The third kappa shape index (κ3) is 2.63. The molecule has 3 aromatic rings. The number of aromatic carboxylic acids is 1. The number of carbonyl (C=O) groups excluding carboxylic acids is 1. The van der Waals surface area contributed by atoms with Crippen molar-refractivity contribution in [3.05, 3.63) is 52.1 Å². The van der Waals surface area contributed by atoms with Crippen LogP contribution in [0.15, 0.2) is 35.8 Å². The molecule has 3 N–H and O–H groups in total. The van der Waals surface area contributed by atoms with Crippen LogP contribution in [-0.2, 0) is 6.54 Å². The van der Waals surface area contributed by atoms with Crippen LogP contribution in [-0.4, -0.2) is 27.0 Å². The zero-order valence-corrected chi connectivity index (χ0v) is 11.6. The maximum atomic E-state index is 12.2. The van der Waals surface area contributed by atoms with Crippen molar-refractivity contribution < 1.29 is 14.7 Å². The lowest BCUT2D eigenvalue weighted by Crippen LogP contribution is -2.22. The Balaban J connectivity index is 1.74. The molecule has 2 aromatic heterocycles. The molecule has 1 amide bonds. The van der Waals surface area contributed by atoms with E-state index in [1.807, 2.05) is 12.1 Å². The fraction of sp³-hybridized carbons (Fsp3) is 0.0714. The zero-order valence-electron chi connectivity index (χ0n) is 10.8. The Hall–Kier alpha value is -2.67. The van der Waals surface area contributed by atoms with E-state index < -0.39 is 5.97 Å². The van der Waals surface area contributed by atoms with Crippen LogP contribution < -0.4 is 5.32 Å².